The summed E-state index contributed by atoms with van der Waals surface area (Å²) in [5, 5.41) is 23.4. The molecule has 0 saturated carbocycles. The SMILES string of the molecule is O=[N+]([O-])c1ccccc1-c1ccc(NCC(O)CCl)cc1. The fraction of sp³-hybridized carbons (Fsp3) is 0.200. The summed E-state index contributed by atoms with van der Waals surface area (Å²) in [6.45, 7) is 0.355. The van der Waals surface area contributed by atoms with Crippen molar-refractivity contribution in [3.8, 4) is 11.1 Å². The molecule has 2 aromatic rings. The highest BCUT2D eigenvalue weighted by molar-refractivity contribution is 6.18. The number of hydrogen-bond acceptors (Lipinski definition) is 4. The Kier molecular flexibility index (Phi) is 5.14. The van der Waals surface area contributed by atoms with Crippen LogP contribution in [0.25, 0.3) is 11.1 Å². The lowest BCUT2D eigenvalue weighted by Gasteiger charge is -2.10. The second-order valence-corrected chi connectivity index (χ2v) is 4.85. The molecule has 0 aromatic heterocycles. The van der Waals surface area contributed by atoms with Gasteiger partial charge < -0.3 is 10.4 Å². The molecule has 0 aliphatic heterocycles. The number of anilines is 1. The zero-order valence-corrected chi connectivity index (χ0v) is 12.0. The van der Waals surface area contributed by atoms with Crippen molar-refractivity contribution in [2.24, 2.45) is 0 Å². The Bertz CT molecular complexity index is 617. The molecule has 1 unspecified atom stereocenters. The van der Waals surface area contributed by atoms with Crippen LogP contribution in [0.2, 0.25) is 0 Å². The van der Waals surface area contributed by atoms with Gasteiger partial charge in [0, 0.05) is 18.3 Å². The van der Waals surface area contributed by atoms with Crippen LogP contribution in [-0.2, 0) is 0 Å². The van der Waals surface area contributed by atoms with Crippen LogP contribution >= 0.6 is 11.6 Å². The molecule has 0 aliphatic rings. The molecule has 0 bridgehead atoms. The van der Waals surface area contributed by atoms with Crippen molar-refractivity contribution in [3.63, 3.8) is 0 Å². The molecule has 0 spiro atoms. The van der Waals surface area contributed by atoms with Crippen LogP contribution in [0.3, 0.4) is 0 Å². The molecular weight excluding hydrogens is 292 g/mol. The molecule has 0 saturated heterocycles. The third kappa shape index (κ3) is 3.93. The van der Waals surface area contributed by atoms with Crippen molar-refractivity contribution in [2.75, 3.05) is 17.7 Å². The Hall–Kier alpha value is -2.11. The van der Waals surface area contributed by atoms with Gasteiger partial charge in [0.25, 0.3) is 5.69 Å². The summed E-state index contributed by atoms with van der Waals surface area (Å²) in [5.41, 5.74) is 2.25. The van der Waals surface area contributed by atoms with Gasteiger partial charge in [-0.25, -0.2) is 0 Å². The highest BCUT2D eigenvalue weighted by Crippen LogP contribution is 2.30. The average molecular weight is 307 g/mol. The van der Waals surface area contributed by atoms with Crippen LogP contribution in [0.5, 0.6) is 0 Å². The molecule has 0 radical (unpaired) electrons. The quantitative estimate of drug-likeness (QED) is 0.488. The van der Waals surface area contributed by atoms with E-state index >= 15 is 0 Å². The van der Waals surface area contributed by atoms with Crippen molar-refractivity contribution >= 4 is 23.0 Å². The largest absolute Gasteiger partial charge is 0.390 e. The Balaban J connectivity index is 2.18. The normalized spacial score (nSPS) is 11.9. The summed E-state index contributed by atoms with van der Waals surface area (Å²) in [6, 6.07) is 13.8. The molecule has 0 amide bonds. The highest BCUT2D eigenvalue weighted by atomic mass is 35.5. The number of nitro benzene ring substituents is 1. The number of aliphatic hydroxyl groups is 1. The monoisotopic (exact) mass is 306 g/mol. The number of rotatable bonds is 6. The van der Waals surface area contributed by atoms with Gasteiger partial charge in [0.05, 0.1) is 22.5 Å². The molecule has 2 N–H and O–H groups in total. The van der Waals surface area contributed by atoms with Gasteiger partial charge in [-0.15, -0.1) is 11.6 Å². The average Bonchev–Trinajstić information content (AvgIpc) is 2.53. The Morgan fingerprint density at radius 3 is 2.48 bits per heavy atom. The lowest BCUT2D eigenvalue weighted by molar-refractivity contribution is -0.384. The van der Waals surface area contributed by atoms with Gasteiger partial charge in [0.2, 0.25) is 0 Å². The highest BCUT2D eigenvalue weighted by Gasteiger charge is 2.13. The molecule has 0 fully saturated rings. The van der Waals surface area contributed by atoms with E-state index in [0.717, 1.165) is 11.3 Å². The van der Waals surface area contributed by atoms with Crippen molar-refractivity contribution < 1.29 is 10.0 Å². The Labute approximate surface area is 127 Å². The summed E-state index contributed by atoms with van der Waals surface area (Å²) in [7, 11) is 0. The number of alkyl halides is 1. The summed E-state index contributed by atoms with van der Waals surface area (Å²) in [5.74, 6) is 0.168. The Morgan fingerprint density at radius 1 is 1.19 bits per heavy atom. The fourth-order valence-corrected chi connectivity index (χ4v) is 2.04. The van der Waals surface area contributed by atoms with Crippen molar-refractivity contribution in [3.05, 3.63) is 58.6 Å². The molecule has 2 rings (SSSR count). The molecule has 0 heterocycles. The first kappa shape index (κ1) is 15.3. The molecule has 2 aromatic carbocycles. The molecule has 6 heteroatoms. The number of nitro groups is 1. The van der Waals surface area contributed by atoms with E-state index < -0.39 is 11.0 Å². The number of nitrogens with one attached hydrogen (secondary N) is 1. The minimum atomic E-state index is -0.610. The van der Waals surface area contributed by atoms with Crippen molar-refractivity contribution in [1.29, 1.82) is 0 Å². The zero-order chi connectivity index (χ0) is 15.2. The maximum absolute atomic E-state index is 11.0. The van der Waals surface area contributed by atoms with E-state index in [4.69, 9.17) is 11.6 Å². The molecule has 1 atom stereocenters. The lowest BCUT2D eigenvalue weighted by Crippen LogP contribution is -2.20. The maximum Gasteiger partial charge on any atom is 0.277 e. The first-order valence-corrected chi connectivity index (χ1v) is 6.97. The molecule has 21 heavy (non-hydrogen) atoms. The summed E-state index contributed by atoms with van der Waals surface area (Å²) in [4.78, 5) is 10.6. The number of hydrogen-bond donors (Lipinski definition) is 2. The number of nitrogens with zero attached hydrogens (tertiary/aromatic N) is 1. The second-order valence-electron chi connectivity index (χ2n) is 4.54. The van der Waals surface area contributed by atoms with Crippen LogP contribution in [0.1, 0.15) is 0 Å². The topological polar surface area (TPSA) is 75.4 Å². The molecular formula is C15H15ClN2O3. The third-order valence-corrected chi connectivity index (χ3v) is 3.37. The minimum absolute atomic E-state index is 0.0794. The zero-order valence-electron chi connectivity index (χ0n) is 11.2. The van der Waals surface area contributed by atoms with Gasteiger partial charge >= 0.3 is 0 Å². The number of aliphatic hydroxyl groups excluding tert-OH is 1. The van der Waals surface area contributed by atoms with Gasteiger partial charge in [-0.05, 0) is 23.8 Å². The van der Waals surface area contributed by atoms with Crippen LogP contribution < -0.4 is 5.32 Å². The molecule has 0 aliphatic carbocycles. The predicted molar refractivity (Wildman–Crippen MR) is 83.7 cm³/mol. The lowest BCUT2D eigenvalue weighted by atomic mass is 10.0. The smallest absolute Gasteiger partial charge is 0.277 e. The van der Waals surface area contributed by atoms with E-state index in [0.29, 0.717) is 12.1 Å². The third-order valence-electron chi connectivity index (χ3n) is 3.02. The fourth-order valence-electron chi connectivity index (χ4n) is 1.93. The van der Waals surface area contributed by atoms with E-state index in [-0.39, 0.29) is 11.6 Å². The van der Waals surface area contributed by atoms with Gasteiger partial charge in [-0.3, -0.25) is 10.1 Å². The van der Waals surface area contributed by atoms with Gasteiger partial charge in [-0.2, -0.15) is 0 Å². The first-order valence-electron chi connectivity index (χ1n) is 6.43. The molecule has 5 nitrogen and oxygen atoms in total. The van der Waals surface area contributed by atoms with Gasteiger partial charge in [0.1, 0.15) is 0 Å². The standard InChI is InChI=1S/C15H15ClN2O3/c16-9-13(19)10-17-12-7-5-11(6-8-12)14-3-1-2-4-15(14)18(20)21/h1-8,13,17,19H,9-10H2. The van der Waals surface area contributed by atoms with Crippen LogP contribution in [-0.4, -0.2) is 28.6 Å². The summed E-state index contributed by atoms with van der Waals surface area (Å²) >= 11 is 5.52. The van der Waals surface area contributed by atoms with Crippen molar-refractivity contribution in [1.82, 2.24) is 0 Å². The number of para-hydroxylation sites is 1. The minimum Gasteiger partial charge on any atom is -0.390 e. The van der Waals surface area contributed by atoms with Gasteiger partial charge in [0.15, 0.2) is 0 Å². The molecule has 110 valence electrons. The first-order chi connectivity index (χ1) is 10.1. The van der Waals surface area contributed by atoms with E-state index in [1.54, 1.807) is 30.3 Å². The summed E-state index contributed by atoms with van der Waals surface area (Å²) < 4.78 is 0. The van der Waals surface area contributed by atoms with E-state index in [1.165, 1.54) is 6.07 Å². The van der Waals surface area contributed by atoms with Crippen LogP contribution in [0.4, 0.5) is 11.4 Å². The predicted octanol–water partition coefficient (Wildman–Crippen LogP) is 3.27. The van der Waals surface area contributed by atoms with Crippen molar-refractivity contribution in [2.45, 2.75) is 6.10 Å². The summed E-state index contributed by atoms with van der Waals surface area (Å²) in [6.07, 6.45) is -0.610. The van der Waals surface area contributed by atoms with Crippen LogP contribution in [0.15, 0.2) is 48.5 Å². The Morgan fingerprint density at radius 2 is 1.86 bits per heavy atom. The van der Waals surface area contributed by atoms with Gasteiger partial charge in [-0.1, -0.05) is 24.3 Å². The number of halogens is 1. The maximum atomic E-state index is 11.0. The second kappa shape index (κ2) is 7.06. The van der Waals surface area contributed by atoms with E-state index in [2.05, 4.69) is 5.32 Å². The van der Waals surface area contributed by atoms with E-state index in [1.807, 2.05) is 12.1 Å². The van der Waals surface area contributed by atoms with Crippen LogP contribution in [0, 0.1) is 10.1 Å². The van der Waals surface area contributed by atoms with E-state index in [9.17, 15) is 15.2 Å². The number of benzene rings is 2.